The van der Waals surface area contributed by atoms with E-state index in [1.807, 2.05) is 0 Å². The van der Waals surface area contributed by atoms with Crippen LogP contribution in [0.25, 0.3) is 0 Å². The molecule has 1 N–H and O–H groups in total. The van der Waals surface area contributed by atoms with E-state index in [9.17, 15) is 0 Å². The summed E-state index contributed by atoms with van der Waals surface area (Å²) in [6.07, 6.45) is 12.3. The molecule has 0 aliphatic heterocycles. The predicted octanol–water partition coefficient (Wildman–Crippen LogP) is 5.40. The maximum atomic E-state index is 3.61. The Bertz CT molecular complexity index is 161. The molecule has 2 atom stereocenters. The highest BCUT2D eigenvalue weighted by molar-refractivity contribution is 4.78. The molecule has 0 saturated carbocycles. The average molecular weight is 255 g/mol. The maximum Gasteiger partial charge on any atom is 0.00949 e. The molecule has 0 aromatic rings. The first-order valence-electron chi connectivity index (χ1n) is 8.40. The molecule has 1 heteroatoms. The molecule has 0 aliphatic carbocycles. The Balaban J connectivity index is 4.32. The van der Waals surface area contributed by atoms with Gasteiger partial charge in [0.1, 0.15) is 0 Å². The van der Waals surface area contributed by atoms with Crippen LogP contribution in [-0.4, -0.2) is 13.1 Å². The molecule has 0 aliphatic rings. The molecule has 0 radical (unpaired) electrons. The van der Waals surface area contributed by atoms with Crippen molar-refractivity contribution in [3.8, 4) is 0 Å². The fourth-order valence-corrected chi connectivity index (χ4v) is 3.17. The molecule has 0 aromatic heterocycles. The Morgan fingerprint density at radius 3 is 1.83 bits per heavy atom. The summed E-state index contributed by atoms with van der Waals surface area (Å²) in [5, 5.41) is 3.61. The topological polar surface area (TPSA) is 12.0 Å². The van der Waals surface area contributed by atoms with Gasteiger partial charge in [-0.05, 0) is 38.1 Å². The Hall–Kier alpha value is -0.0400. The zero-order valence-electron chi connectivity index (χ0n) is 13.6. The molecule has 1 nitrogen and oxygen atoms in total. The van der Waals surface area contributed by atoms with Crippen LogP contribution >= 0.6 is 0 Å². The van der Waals surface area contributed by atoms with Crippen molar-refractivity contribution < 1.29 is 0 Å². The second kappa shape index (κ2) is 12.0. The molecular weight excluding hydrogens is 218 g/mol. The second-order valence-electron chi connectivity index (χ2n) is 5.88. The van der Waals surface area contributed by atoms with Gasteiger partial charge in [0.05, 0.1) is 0 Å². The van der Waals surface area contributed by atoms with Gasteiger partial charge in [-0.2, -0.15) is 0 Å². The summed E-state index contributed by atoms with van der Waals surface area (Å²) in [6.45, 7) is 9.31. The summed E-state index contributed by atoms with van der Waals surface area (Å²) < 4.78 is 0. The lowest BCUT2D eigenvalue weighted by Crippen LogP contribution is -2.35. The highest BCUT2D eigenvalue weighted by atomic mass is 14.9. The molecule has 2 unspecified atom stereocenters. The van der Waals surface area contributed by atoms with Gasteiger partial charge in [-0.3, -0.25) is 0 Å². The molecule has 0 bridgehead atoms. The van der Waals surface area contributed by atoms with Crippen molar-refractivity contribution in [2.45, 2.75) is 91.5 Å². The fraction of sp³-hybridized carbons (Fsp3) is 1.00. The quantitative estimate of drug-likeness (QED) is 0.492. The molecule has 0 amide bonds. The minimum Gasteiger partial charge on any atom is -0.317 e. The Labute approximate surface area is 116 Å². The van der Waals surface area contributed by atoms with E-state index >= 15 is 0 Å². The van der Waals surface area contributed by atoms with Gasteiger partial charge in [-0.25, -0.2) is 0 Å². The number of unbranched alkanes of at least 4 members (excludes halogenated alkanes) is 1. The number of hydrogen-bond donors (Lipinski definition) is 1. The molecule has 0 rings (SSSR count). The third kappa shape index (κ3) is 7.41. The summed E-state index contributed by atoms with van der Waals surface area (Å²) in [4.78, 5) is 0. The van der Waals surface area contributed by atoms with Gasteiger partial charge in [0.25, 0.3) is 0 Å². The van der Waals surface area contributed by atoms with E-state index in [2.05, 4.69) is 40.1 Å². The smallest absolute Gasteiger partial charge is 0.00949 e. The molecule has 18 heavy (non-hydrogen) atoms. The van der Waals surface area contributed by atoms with Crippen LogP contribution in [0.15, 0.2) is 0 Å². The highest BCUT2D eigenvalue weighted by Crippen LogP contribution is 2.26. The van der Waals surface area contributed by atoms with Gasteiger partial charge < -0.3 is 5.32 Å². The minimum absolute atomic E-state index is 0.742. The lowest BCUT2D eigenvalue weighted by atomic mass is 9.82. The van der Waals surface area contributed by atoms with Crippen LogP contribution in [0.4, 0.5) is 0 Å². The van der Waals surface area contributed by atoms with Crippen molar-refractivity contribution in [1.82, 2.24) is 5.32 Å². The molecule has 0 spiro atoms. The molecule has 0 saturated heterocycles. The van der Waals surface area contributed by atoms with E-state index in [4.69, 9.17) is 0 Å². The van der Waals surface area contributed by atoms with Gasteiger partial charge in [-0.1, -0.05) is 66.2 Å². The zero-order chi connectivity index (χ0) is 13.8. The van der Waals surface area contributed by atoms with Crippen LogP contribution in [0, 0.1) is 11.8 Å². The van der Waals surface area contributed by atoms with E-state index in [0.717, 1.165) is 17.9 Å². The third-order valence-electron chi connectivity index (χ3n) is 4.39. The van der Waals surface area contributed by atoms with Gasteiger partial charge >= 0.3 is 0 Å². The van der Waals surface area contributed by atoms with Crippen LogP contribution in [0.2, 0.25) is 0 Å². The first-order valence-corrected chi connectivity index (χ1v) is 8.40. The normalized spacial score (nSPS) is 15.0. The van der Waals surface area contributed by atoms with Crippen LogP contribution in [0.5, 0.6) is 0 Å². The van der Waals surface area contributed by atoms with Crippen LogP contribution in [0.3, 0.4) is 0 Å². The molecule has 0 heterocycles. The van der Waals surface area contributed by atoms with E-state index < -0.39 is 0 Å². The summed E-state index contributed by atoms with van der Waals surface area (Å²) in [6, 6.07) is 0.742. The van der Waals surface area contributed by atoms with Crippen molar-refractivity contribution in [3.63, 3.8) is 0 Å². The van der Waals surface area contributed by atoms with Crippen molar-refractivity contribution in [1.29, 1.82) is 0 Å². The van der Waals surface area contributed by atoms with Crippen LogP contribution < -0.4 is 5.32 Å². The van der Waals surface area contributed by atoms with E-state index in [0.29, 0.717) is 0 Å². The first kappa shape index (κ1) is 18.0. The predicted molar refractivity (Wildman–Crippen MR) is 84.1 cm³/mol. The van der Waals surface area contributed by atoms with E-state index in [-0.39, 0.29) is 0 Å². The number of nitrogens with one attached hydrogen (secondary N) is 1. The summed E-state index contributed by atoms with van der Waals surface area (Å²) in [7, 11) is 2.16. The summed E-state index contributed by atoms with van der Waals surface area (Å²) >= 11 is 0. The third-order valence-corrected chi connectivity index (χ3v) is 4.39. The fourth-order valence-electron chi connectivity index (χ4n) is 3.17. The standard InChI is InChI=1S/C17H37N/c1-6-10-13-15(9-4)14-17(18-5)16(11-7-2)12-8-3/h15-18H,6-14H2,1-5H3. The van der Waals surface area contributed by atoms with Gasteiger partial charge in [0.15, 0.2) is 0 Å². The lowest BCUT2D eigenvalue weighted by molar-refractivity contribution is 0.261. The molecule has 0 aromatic carbocycles. The van der Waals surface area contributed by atoms with Gasteiger partial charge in [0, 0.05) is 6.04 Å². The zero-order valence-corrected chi connectivity index (χ0v) is 13.6. The number of rotatable bonds is 12. The van der Waals surface area contributed by atoms with E-state index in [1.54, 1.807) is 0 Å². The Kier molecular flexibility index (Phi) is 12.0. The van der Waals surface area contributed by atoms with Crippen molar-refractivity contribution in [2.75, 3.05) is 7.05 Å². The second-order valence-corrected chi connectivity index (χ2v) is 5.88. The lowest BCUT2D eigenvalue weighted by Gasteiger charge is -2.30. The van der Waals surface area contributed by atoms with Crippen LogP contribution in [-0.2, 0) is 0 Å². The van der Waals surface area contributed by atoms with Crippen molar-refractivity contribution >= 4 is 0 Å². The average Bonchev–Trinajstić information content (AvgIpc) is 2.39. The van der Waals surface area contributed by atoms with Crippen molar-refractivity contribution in [3.05, 3.63) is 0 Å². The first-order chi connectivity index (χ1) is 8.73. The molecule has 110 valence electrons. The van der Waals surface area contributed by atoms with Gasteiger partial charge in [-0.15, -0.1) is 0 Å². The minimum atomic E-state index is 0.742. The largest absolute Gasteiger partial charge is 0.317 e. The molecule has 0 fully saturated rings. The van der Waals surface area contributed by atoms with Crippen molar-refractivity contribution in [2.24, 2.45) is 11.8 Å². The highest BCUT2D eigenvalue weighted by Gasteiger charge is 2.21. The summed E-state index contributed by atoms with van der Waals surface area (Å²) in [5.74, 6) is 1.82. The van der Waals surface area contributed by atoms with E-state index in [1.165, 1.54) is 57.8 Å². The monoisotopic (exact) mass is 255 g/mol. The number of hydrogen-bond acceptors (Lipinski definition) is 1. The van der Waals surface area contributed by atoms with Gasteiger partial charge in [0.2, 0.25) is 0 Å². The maximum absolute atomic E-state index is 3.61. The van der Waals surface area contributed by atoms with Crippen LogP contribution in [0.1, 0.15) is 85.5 Å². The molecular formula is C17H37N. The Morgan fingerprint density at radius 2 is 1.44 bits per heavy atom. The Morgan fingerprint density at radius 1 is 0.833 bits per heavy atom. The summed E-state index contributed by atoms with van der Waals surface area (Å²) in [5.41, 5.74) is 0. The SMILES string of the molecule is CCCCC(CC)CC(NC)C(CCC)CCC.